The van der Waals surface area contributed by atoms with E-state index in [2.05, 4.69) is 36.1 Å². The second kappa shape index (κ2) is 5.57. The third-order valence-corrected chi connectivity index (χ3v) is 5.26. The number of hydrogen-bond acceptors (Lipinski definition) is 3. The quantitative estimate of drug-likeness (QED) is 0.932. The Labute approximate surface area is 137 Å². The van der Waals surface area contributed by atoms with Gasteiger partial charge in [0.2, 0.25) is 0 Å². The zero-order chi connectivity index (χ0) is 16.0. The summed E-state index contributed by atoms with van der Waals surface area (Å²) in [4.78, 5) is 2.58. The molecule has 0 aromatic heterocycles. The Kier molecular flexibility index (Phi) is 3.53. The maximum atomic E-state index is 10.8. The average Bonchev–Trinajstić information content (AvgIpc) is 2.58. The Morgan fingerprint density at radius 3 is 2.87 bits per heavy atom. The highest BCUT2D eigenvalue weighted by Crippen LogP contribution is 2.51. The predicted molar refractivity (Wildman–Crippen MR) is 92.1 cm³/mol. The highest BCUT2D eigenvalue weighted by molar-refractivity contribution is 5.83. The minimum atomic E-state index is 0.293. The monoisotopic (exact) mass is 309 g/mol. The van der Waals surface area contributed by atoms with Crippen molar-refractivity contribution in [2.45, 2.75) is 32.2 Å². The third kappa shape index (κ3) is 2.14. The van der Waals surface area contributed by atoms with E-state index in [-0.39, 0.29) is 0 Å². The van der Waals surface area contributed by atoms with E-state index in [1.807, 2.05) is 6.07 Å². The number of phenols is 1. The summed E-state index contributed by atoms with van der Waals surface area (Å²) in [5, 5.41) is 10.8. The molecule has 120 valence electrons. The first-order valence-corrected chi connectivity index (χ1v) is 8.49. The molecule has 1 heterocycles. The van der Waals surface area contributed by atoms with Crippen LogP contribution >= 0.6 is 0 Å². The van der Waals surface area contributed by atoms with Crippen LogP contribution in [0.3, 0.4) is 0 Å². The van der Waals surface area contributed by atoms with Crippen LogP contribution in [-0.2, 0) is 12.8 Å². The van der Waals surface area contributed by atoms with Gasteiger partial charge in [0.25, 0.3) is 0 Å². The fourth-order valence-corrected chi connectivity index (χ4v) is 4.27. The molecule has 2 aromatic rings. The van der Waals surface area contributed by atoms with Crippen LogP contribution in [0.4, 0.5) is 0 Å². The Hall–Kier alpha value is -2.00. The minimum Gasteiger partial charge on any atom is -0.504 e. The predicted octanol–water partition coefficient (Wildman–Crippen LogP) is 3.93. The normalized spacial score (nSPS) is 19.1. The van der Waals surface area contributed by atoms with Gasteiger partial charge in [0.1, 0.15) is 0 Å². The smallest absolute Gasteiger partial charge is 0.166 e. The highest BCUT2D eigenvalue weighted by Gasteiger charge is 2.36. The van der Waals surface area contributed by atoms with Crippen molar-refractivity contribution in [2.75, 3.05) is 20.2 Å². The Morgan fingerprint density at radius 2 is 2.09 bits per heavy atom. The maximum absolute atomic E-state index is 10.8. The second-order valence-electron chi connectivity index (χ2n) is 6.54. The number of hydrogen-bond donors (Lipinski definition) is 1. The molecule has 1 atom stereocenters. The van der Waals surface area contributed by atoms with Gasteiger partial charge in [0.05, 0.1) is 7.11 Å². The Bertz CT molecular complexity index is 754. The van der Waals surface area contributed by atoms with E-state index in [0.29, 0.717) is 17.5 Å². The Morgan fingerprint density at radius 1 is 1.26 bits per heavy atom. The SMILES string of the molecule is CCCN1CCc2cc(OC)c(O)c3c2[C@H]1Cc1ccccc1-3. The first-order chi connectivity index (χ1) is 11.2. The van der Waals surface area contributed by atoms with Crippen LogP contribution in [0.2, 0.25) is 0 Å². The lowest BCUT2D eigenvalue weighted by Crippen LogP contribution is -2.38. The van der Waals surface area contributed by atoms with Gasteiger partial charge < -0.3 is 9.84 Å². The number of phenolic OH excluding ortho intramolecular Hbond substituents is 1. The molecule has 0 unspecified atom stereocenters. The van der Waals surface area contributed by atoms with E-state index in [1.165, 1.54) is 16.7 Å². The number of rotatable bonds is 3. The van der Waals surface area contributed by atoms with E-state index in [9.17, 15) is 5.11 Å². The van der Waals surface area contributed by atoms with Crippen molar-refractivity contribution in [3.8, 4) is 22.6 Å². The summed E-state index contributed by atoms with van der Waals surface area (Å²) in [6.07, 6.45) is 3.21. The minimum absolute atomic E-state index is 0.293. The molecule has 0 spiro atoms. The highest BCUT2D eigenvalue weighted by atomic mass is 16.5. The van der Waals surface area contributed by atoms with Crippen LogP contribution in [0.25, 0.3) is 11.1 Å². The fraction of sp³-hybridized carbons (Fsp3) is 0.400. The van der Waals surface area contributed by atoms with Crippen molar-refractivity contribution in [2.24, 2.45) is 0 Å². The van der Waals surface area contributed by atoms with Crippen molar-refractivity contribution >= 4 is 0 Å². The van der Waals surface area contributed by atoms with Gasteiger partial charge in [-0.2, -0.15) is 0 Å². The molecule has 1 N–H and O–H groups in total. The summed E-state index contributed by atoms with van der Waals surface area (Å²) < 4.78 is 5.44. The van der Waals surface area contributed by atoms with E-state index in [1.54, 1.807) is 7.11 Å². The summed E-state index contributed by atoms with van der Waals surface area (Å²) in [5.74, 6) is 0.889. The summed E-state index contributed by atoms with van der Waals surface area (Å²) >= 11 is 0. The van der Waals surface area contributed by atoms with Gasteiger partial charge >= 0.3 is 0 Å². The molecule has 4 rings (SSSR count). The fourth-order valence-electron chi connectivity index (χ4n) is 4.27. The number of fused-ring (bicyclic) bond motifs is 2. The van der Waals surface area contributed by atoms with E-state index >= 15 is 0 Å². The lowest BCUT2D eigenvalue weighted by Gasteiger charge is -2.42. The first-order valence-electron chi connectivity index (χ1n) is 8.49. The number of methoxy groups -OCH3 is 1. The van der Waals surface area contributed by atoms with Gasteiger partial charge in [0.15, 0.2) is 11.5 Å². The van der Waals surface area contributed by atoms with E-state index in [0.717, 1.165) is 43.5 Å². The lowest BCUT2D eigenvalue weighted by molar-refractivity contribution is 0.182. The topological polar surface area (TPSA) is 32.7 Å². The second-order valence-corrected chi connectivity index (χ2v) is 6.54. The van der Waals surface area contributed by atoms with Gasteiger partial charge in [-0.15, -0.1) is 0 Å². The van der Waals surface area contributed by atoms with Crippen molar-refractivity contribution < 1.29 is 9.84 Å². The van der Waals surface area contributed by atoms with Crippen LogP contribution in [0.5, 0.6) is 11.5 Å². The molecular weight excluding hydrogens is 286 g/mol. The molecule has 23 heavy (non-hydrogen) atoms. The van der Waals surface area contributed by atoms with Crippen molar-refractivity contribution in [1.82, 2.24) is 4.90 Å². The zero-order valence-electron chi connectivity index (χ0n) is 13.8. The molecule has 0 fully saturated rings. The average molecular weight is 309 g/mol. The largest absolute Gasteiger partial charge is 0.504 e. The molecule has 3 heteroatoms. The molecule has 1 aliphatic carbocycles. The molecule has 0 saturated heterocycles. The van der Waals surface area contributed by atoms with Crippen LogP contribution in [0, 0.1) is 0 Å². The van der Waals surface area contributed by atoms with Crippen molar-refractivity contribution in [1.29, 1.82) is 0 Å². The van der Waals surface area contributed by atoms with Gasteiger partial charge in [-0.05, 0) is 54.1 Å². The summed E-state index contributed by atoms with van der Waals surface area (Å²) in [5.41, 5.74) is 6.13. The van der Waals surface area contributed by atoms with Crippen molar-refractivity contribution in [3.63, 3.8) is 0 Å². The van der Waals surface area contributed by atoms with E-state index < -0.39 is 0 Å². The van der Waals surface area contributed by atoms with Crippen LogP contribution in [0.1, 0.15) is 36.1 Å². The lowest BCUT2D eigenvalue weighted by atomic mass is 9.76. The van der Waals surface area contributed by atoms with E-state index in [4.69, 9.17) is 4.74 Å². The van der Waals surface area contributed by atoms with Crippen LogP contribution in [-0.4, -0.2) is 30.2 Å². The molecule has 3 nitrogen and oxygen atoms in total. The van der Waals surface area contributed by atoms with Gasteiger partial charge in [0, 0.05) is 18.2 Å². The summed E-state index contributed by atoms with van der Waals surface area (Å²) in [6, 6.07) is 10.9. The number of nitrogens with zero attached hydrogens (tertiary/aromatic N) is 1. The molecule has 0 bridgehead atoms. The molecule has 0 radical (unpaired) electrons. The molecule has 0 amide bonds. The maximum Gasteiger partial charge on any atom is 0.166 e. The number of benzene rings is 2. The summed E-state index contributed by atoms with van der Waals surface area (Å²) in [7, 11) is 1.63. The van der Waals surface area contributed by atoms with Gasteiger partial charge in [-0.1, -0.05) is 31.2 Å². The standard InChI is InChI=1S/C20H23NO2/c1-3-9-21-10-8-14-12-17(23-2)20(22)19-15-7-5-4-6-13(15)11-16(21)18(14)19/h4-7,12,16,22H,3,8-11H2,1-2H3/t16-/m1/s1. The zero-order valence-corrected chi connectivity index (χ0v) is 13.8. The Balaban J connectivity index is 1.98. The van der Waals surface area contributed by atoms with Crippen LogP contribution in [0.15, 0.2) is 30.3 Å². The molecular formula is C20H23NO2. The van der Waals surface area contributed by atoms with Crippen molar-refractivity contribution in [3.05, 3.63) is 47.0 Å². The van der Waals surface area contributed by atoms with Gasteiger partial charge in [-0.3, -0.25) is 4.90 Å². The molecule has 2 aliphatic rings. The third-order valence-electron chi connectivity index (χ3n) is 5.26. The van der Waals surface area contributed by atoms with Crippen LogP contribution < -0.4 is 4.74 Å². The molecule has 1 aliphatic heterocycles. The first kappa shape index (κ1) is 14.6. The number of ether oxygens (including phenoxy) is 1. The number of aromatic hydroxyl groups is 1. The van der Waals surface area contributed by atoms with Gasteiger partial charge in [-0.25, -0.2) is 0 Å². The molecule has 0 saturated carbocycles. The molecule has 2 aromatic carbocycles. The summed E-state index contributed by atoms with van der Waals surface area (Å²) in [6.45, 7) is 4.43.